The lowest BCUT2D eigenvalue weighted by Crippen LogP contribution is -2.21. The molecule has 0 amide bonds. The van der Waals surface area contributed by atoms with E-state index in [0.717, 1.165) is 5.56 Å². The van der Waals surface area contributed by atoms with Crippen molar-refractivity contribution in [3.05, 3.63) is 29.3 Å². The predicted octanol–water partition coefficient (Wildman–Crippen LogP) is 1.47. The van der Waals surface area contributed by atoms with E-state index in [1.807, 2.05) is 13.8 Å². The molecule has 0 saturated heterocycles. The fourth-order valence-corrected chi connectivity index (χ4v) is 1.16. The third kappa shape index (κ3) is 1.93. The second-order valence-electron chi connectivity index (χ2n) is 3.93. The first-order valence-electron chi connectivity index (χ1n) is 4.41. The molecule has 0 aliphatic carbocycles. The summed E-state index contributed by atoms with van der Waals surface area (Å²) in [4.78, 5) is 10.4. The van der Waals surface area contributed by atoms with E-state index < -0.39 is 5.41 Å². The Balaban J connectivity index is 3.14. The largest absolute Gasteiger partial charge is 0.507 e. The van der Waals surface area contributed by atoms with Gasteiger partial charge < -0.3 is 10.2 Å². The SMILES string of the molecule is CC(C)(CO)c1ccc(C=O)c(O)c1. The molecule has 3 heteroatoms. The fraction of sp³-hybridized carbons (Fsp3) is 0.364. The van der Waals surface area contributed by atoms with E-state index in [1.54, 1.807) is 12.1 Å². The summed E-state index contributed by atoms with van der Waals surface area (Å²) < 4.78 is 0. The molecule has 14 heavy (non-hydrogen) atoms. The van der Waals surface area contributed by atoms with Crippen molar-refractivity contribution in [1.29, 1.82) is 0 Å². The average Bonchev–Trinajstić information content (AvgIpc) is 2.17. The van der Waals surface area contributed by atoms with Gasteiger partial charge in [0.2, 0.25) is 0 Å². The molecule has 0 aliphatic rings. The van der Waals surface area contributed by atoms with Crippen molar-refractivity contribution >= 4 is 6.29 Å². The third-order valence-electron chi connectivity index (χ3n) is 2.33. The number of phenolic OH excluding ortho intramolecular Hbond substituents is 1. The Morgan fingerprint density at radius 1 is 1.43 bits per heavy atom. The zero-order chi connectivity index (χ0) is 10.8. The highest BCUT2D eigenvalue weighted by molar-refractivity contribution is 5.79. The van der Waals surface area contributed by atoms with Gasteiger partial charge in [-0.15, -0.1) is 0 Å². The molecule has 3 nitrogen and oxygen atoms in total. The molecule has 1 rings (SSSR count). The summed E-state index contributed by atoms with van der Waals surface area (Å²) in [6.07, 6.45) is 0.602. The topological polar surface area (TPSA) is 57.5 Å². The number of carbonyl (C=O) groups excluding carboxylic acids is 1. The van der Waals surface area contributed by atoms with Gasteiger partial charge in [-0.1, -0.05) is 19.9 Å². The van der Waals surface area contributed by atoms with Crippen molar-refractivity contribution in [1.82, 2.24) is 0 Å². The maximum Gasteiger partial charge on any atom is 0.153 e. The highest BCUT2D eigenvalue weighted by atomic mass is 16.3. The highest BCUT2D eigenvalue weighted by Gasteiger charge is 2.20. The van der Waals surface area contributed by atoms with Crippen LogP contribution in [0.1, 0.15) is 29.8 Å². The van der Waals surface area contributed by atoms with Gasteiger partial charge in [-0.2, -0.15) is 0 Å². The first kappa shape index (κ1) is 10.7. The van der Waals surface area contributed by atoms with Crippen molar-refractivity contribution in [2.45, 2.75) is 19.3 Å². The van der Waals surface area contributed by atoms with Crippen molar-refractivity contribution in [2.24, 2.45) is 0 Å². The molecule has 0 spiro atoms. The molecular formula is C11H14O3. The van der Waals surface area contributed by atoms with Crippen LogP contribution in [0.25, 0.3) is 0 Å². The standard InChI is InChI=1S/C11H14O3/c1-11(2,7-13)9-4-3-8(6-12)10(14)5-9/h3-6,13-14H,7H2,1-2H3. The second-order valence-corrected chi connectivity index (χ2v) is 3.93. The molecule has 76 valence electrons. The number of phenols is 1. The van der Waals surface area contributed by atoms with Gasteiger partial charge in [0.15, 0.2) is 6.29 Å². The number of carbonyl (C=O) groups is 1. The number of rotatable bonds is 3. The monoisotopic (exact) mass is 194 g/mol. The average molecular weight is 194 g/mol. The van der Waals surface area contributed by atoms with Crippen LogP contribution in [0.3, 0.4) is 0 Å². The Hall–Kier alpha value is -1.35. The van der Waals surface area contributed by atoms with E-state index in [9.17, 15) is 9.90 Å². The summed E-state index contributed by atoms with van der Waals surface area (Å²) in [6.45, 7) is 3.72. The van der Waals surface area contributed by atoms with E-state index in [-0.39, 0.29) is 17.9 Å². The number of aldehydes is 1. The first-order valence-corrected chi connectivity index (χ1v) is 4.41. The van der Waals surface area contributed by atoms with Crippen LogP contribution >= 0.6 is 0 Å². The van der Waals surface area contributed by atoms with E-state index >= 15 is 0 Å². The van der Waals surface area contributed by atoms with Crippen LogP contribution in [0.5, 0.6) is 5.75 Å². The van der Waals surface area contributed by atoms with Crippen molar-refractivity contribution in [3.63, 3.8) is 0 Å². The number of hydrogen-bond acceptors (Lipinski definition) is 3. The minimum atomic E-state index is -0.404. The lowest BCUT2D eigenvalue weighted by atomic mass is 9.85. The van der Waals surface area contributed by atoms with Crippen LogP contribution in [0.4, 0.5) is 0 Å². The molecule has 1 aromatic rings. The molecule has 0 bridgehead atoms. The zero-order valence-electron chi connectivity index (χ0n) is 8.32. The van der Waals surface area contributed by atoms with E-state index in [2.05, 4.69) is 0 Å². The minimum Gasteiger partial charge on any atom is -0.507 e. The van der Waals surface area contributed by atoms with Gasteiger partial charge in [0.25, 0.3) is 0 Å². The second kappa shape index (κ2) is 3.80. The van der Waals surface area contributed by atoms with Gasteiger partial charge in [0, 0.05) is 5.41 Å². The van der Waals surface area contributed by atoms with Crippen LogP contribution in [-0.4, -0.2) is 23.1 Å². The van der Waals surface area contributed by atoms with Crippen LogP contribution in [0, 0.1) is 0 Å². The molecule has 1 aromatic carbocycles. The lowest BCUT2D eigenvalue weighted by Gasteiger charge is -2.22. The first-order chi connectivity index (χ1) is 6.51. The molecule has 0 radical (unpaired) electrons. The van der Waals surface area contributed by atoms with Crippen molar-refractivity contribution < 1.29 is 15.0 Å². The van der Waals surface area contributed by atoms with Crippen LogP contribution < -0.4 is 0 Å². The maximum absolute atomic E-state index is 10.4. The van der Waals surface area contributed by atoms with Gasteiger partial charge in [-0.25, -0.2) is 0 Å². The molecular weight excluding hydrogens is 180 g/mol. The number of aliphatic hydroxyl groups is 1. The van der Waals surface area contributed by atoms with Crippen LogP contribution in [-0.2, 0) is 5.41 Å². The molecule has 0 aromatic heterocycles. The van der Waals surface area contributed by atoms with E-state index in [0.29, 0.717) is 6.29 Å². The van der Waals surface area contributed by atoms with Crippen molar-refractivity contribution in [3.8, 4) is 5.75 Å². The molecule has 0 heterocycles. The highest BCUT2D eigenvalue weighted by Crippen LogP contribution is 2.27. The molecule has 0 unspecified atom stereocenters. The predicted molar refractivity (Wildman–Crippen MR) is 53.6 cm³/mol. The maximum atomic E-state index is 10.4. The van der Waals surface area contributed by atoms with Gasteiger partial charge in [0.1, 0.15) is 5.75 Å². The number of aromatic hydroxyl groups is 1. The van der Waals surface area contributed by atoms with Gasteiger partial charge in [-0.05, 0) is 17.7 Å². The summed E-state index contributed by atoms with van der Waals surface area (Å²) in [5.74, 6) is -0.0426. The Bertz CT molecular complexity index is 342. The lowest BCUT2D eigenvalue weighted by molar-refractivity contribution is 0.112. The smallest absolute Gasteiger partial charge is 0.153 e. The van der Waals surface area contributed by atoms with Crippen molar-refractivity contribution in [2.75, 3.05) is 6.61 Å². The van der Waals surface area contributed by atoms with Gasteiger partial charge in [0.05, 0.1) is 12.2 Å². The van der Waals surface area contributed by atoms with Crippen LogP contribution in [0.15, 0.2) is 18.2 Å². The molecule has 0 aliphatic heterocycles. The Morgan fingerprint density at radius 3 is 2.50 bits per heavy atom. The summed E-state index contributed by atoms with van der Waals surface area (Å²) >= 11 is 0. The summed E-state index contributed by atoms with van der Waals surface area (Å²) in [7, 11) is 0. The van der Waals surface area contributed by atoms with Gasteiger partial charge in [-0.3, -0.25) is 4.79 Å². The molecule has 0 saturated carbocycles. The Kier molecular flexibility index (Phi) is 2.91. The minimum absolute atomic E-state index is 0.00707. The summed E-state index contributed by atoms with van der Waals surface area (Å²) in [5.41, 5.74) is 0.671. The normalized spacial score (nSPS) is 11.4. The quantitative estimate of drug-likeness (QED) is 0.716. The molecule has 2 N–H and O–H groups in total. The Morgan fingerprint density at radius 2 is 2.07 bits per heavy atom. The molecule has 0 fully saturated rings. The number of benzene rings is 1. The molecule has 0 atom stereocenters. The fourth-order valence-electron chi connectivity index (χ4n) is 1.16. The third-order valence-corrected chi connectivity index (χ3v) is 2.33. The van der Waals surface area contributed by atoms with E-state index in [4.69, 9.17) is 5.11 Å². The Labute approximate surface area is 83.0 Å². The number of hydrogen-bond donors (Lipinski definition) is 2. The summed E-state index contributed by atoms with van der Waals surface area (Å²) in [5, 5.41) is 18.6. The van der Waals surface area contributed by atoms with Gasteiger partial charge >= 0.3 is 0 Å². The van der Waals surface area contributed by atoms with E-state index in [1.165, 1.54) is 6.07 Å². The number of aliphatic hydroxyl groups excluding tert-OH is 1. The summed E-state index contributed by atoms with van der Waals surface area (Å²) in [6, 6.07) is 4.80. The van der Waals surface area contributed by atoms with Crippen LogP contribution in [0.2, 0.25) is 0 Å². The zero-order valence-corrected chi connectivity index (χ0v) is 8.32.